The molecule has 1 aromatic rings. The van der Waals surface area contributed by atoms with Crippen LogP contribution in [0.3, 0.4) is 0 Å². The largest absolute Gasteiger partial charge is 0.458 e. The van der Waals surface area contributed by atoms with E-state index in [0.717, 1.165) is 18.5 Å². The Hall–Kier alpha value is -1.35. The van der Waals surface area contributed by atoms with E-state index in [9.17, 15) is 4.79 Å². The summed E-state index contributed by atoms with van der Waals surface area (Å²) in [5.74, 6) is 0. The fourth-order valence-corrected chi connectivity index (χ4v) is 2.25. The summed E-state index contributed by atoms with van der Waals surface area (Å²) >= 11 is 0. The predicted octanol–water partition coefficient (Wildman–Crippen LogP) is 2.04. The molecule has 1 saturated heterocycles. The van der Waals surface area contributed by atoms with Gasteiger partial charge in [-0.15, -0.1) is 0 Å². The van der Waals surface area contributed by atoms with E-state index in [4.69, 9.17) is 4.74 Å². The van der Waals surface area contributed by atoms with Crippen LogP contribution in [0.1, 0.15) is 30.9 Å². The first-order valence-corrected chi connectivity index (χ1v) is 5.79. The van der Waals surface area contributed by atoms with Gasteiger partial charge in [0.1, 0.15) is 6.10 Å². The van der Waals surface area contributed by atoms with Gasteiger partial charge in [-0.25, -0.2) is 0 Å². The molecule has 1 aliphatic rings. The van der Waals surface area contributed by atoms with Gasteiger partial charge in [-0.1, -0.05) is 36.8 Å². The molecule has 0 aromatic heterocycles. The summed E-state index contributed by atoms with van der Waals surface area (Å²) in [6, 6.07) is 10.2. The van der Waals surface area contributed by atoms with E-state index >= 15 is 0 Å². The lowest BCUT2D eigenvalue weighted by atomic mass is 9.95. The van der Waals surface area contributed by atoms with E-state index in [-0.39, 0.29) is 12.1 Å². The fraction of sp³-hybridized carbons (Fsp3) is 0.462. The van der Waals surface area contributed by atoms with Crippen molar-refractivity contribution in [1.29, 1.82) is 0 Å². The highest BCUT2D eigenvalue weighted by Crippen LogP contribution is 2.25. The van der Waals surface area contributed by atoms with Gasteiger partial charge < -0.3 is 10.1 Å². The van der Waals surface area contributed by atoms with E-state index in [1.165, 1.54) is 12.8 Å². The van der Waals surface area contributed by atoms with Crippen molar-refractivity contribution >= 4 is 6.47 Å². The van der Waals surface area contributed by atoms with Gasteiger partial charge in [0.2, 0.25) is 0 Å². The van der Waals surface area contributed by atoms with Crippen LogP contribution in [0.5, 0.6) is 0 Å². The van der Waals surface area contributed by atoms with Crippen molar-refractivity contribution in [3.8, 4) is 0 Å². The zero-order chi connectivity index (χ0) is 11.2. The SMILES string of the molecule is O=COC(c1ccccc1)C1CCCCN1. The second-order valence-electron chi connectivity index (χ2n) is 4.12. The van der Waals surface area contributed by atoms with E-state index in [0.29, 0.717) is 6.47 Å². The van der Waals surface area contributed by atoms with Gasteiger partial charge in [0, 0.05) is 6.04 Å². The lowest BCUT2D eigenvalue weighted by Gasteiger charge is -2.30. The lowest BCUT2D eigenvalue weighted by molar-refractivity contribution is -0.135. The van der Waals surface area contributed by atoms with Crippen LogP contribution in [-0.4, -0.2) is 19.1 Å². The molecule has 0 radical (unpaired) electrons. The van der Waals surface area contributed by atoms with Gasteiger partial charge in [-0.3, -0.25) is 4.79 Å². The molecule has 86 valence electrons. The van der Waals surface area contributed by atoms with Crippen molar-refractivity contribution in [1.82, 2.24) is 5.32 Å². The molecule has 0 saturated carbocycles. The molecular formula is C13H17NO2. The van der Waals surface area contributed by atoms with E-state index in [2.05, 4.69) is 5.32 Å². The molecule has 0 aliphatic carbocycles. The Balaban J connectivity index is 2.12. The highest BCUT2D eigenvalue weighted by atomic mass is 16.5. The molecule has 1 aromatic carbocycles. The van der Waals surface area contributed by atoms with E-state index < -0.39 is 0 Å². The van der Waals surface area contributed by atoms with Crippen molar-refractivity contribution in [2.75, 3.05) is 6.54 Å². The molecule has 0 bridgehead atoms. The number of hydrogen-bond donors (Lipinski definition) is 1. The average Bonchev–Trinajstić information content (AvgIpc) is 2.38. The molecule has 1 aliphatic heterocycles. The number of nitrogens with one attached hydrogen (secondary N) is 1. The van der Waals surface area contributed by atoms with Gasteiger partial charge in [-0.05, 0) is 24.9 Å². The van der Waals surface area contributed by atoms with Crippen LogP contribution in [0.15, 0.2) is 30.3 Å². The topological polar surface area (TPSA) is 38.3 Å². The molecule has 1 N–H and O–H groups in total. The van der Waals surface area contributed by atoms with Gasteiger partial charge >= 0.3 is 0 Å². The molecule has 2 rings (SSSR count). The third-order valence-corrected chi connectivity index (χ3v) is 3.04. The molecule has 2 atom stereocenters. The molecule has 1 heterocycles. The number of ether oxygens (including phenoxy) is 1. The molecule has 0 spiro atoms. The Morgan fingerprint density at radius 3 is 2.75 bits per heavy atom. The van der Waals surface area contributed by atoms with Crippen LogP contribution in [0.25, 0.3) is 0 Å². The summed E-state index contributed by atoms with van der Waals surface area (Å²) in [5.41, 5.74) is 1.06. The van der Waals surface area contributed by atoms with Crippen LogP contribution in [-0.2, 0) is 9.53 Å². The van der Waals surface area contributed by atoms with Gasteiger partial charge in [0.05, 0.1) is 0 Å². The number of benzene rings is 1. The first-order chi connectivity index (χ1) is 7.92. The smallest absolute Gasteiger partial charge is 0.293 e. The summed E-state index contributed by atoms with van der Waals surface area (Å²) in [6.45, 7) is 1.56. The van der Waals surface area contributed by atoms with Crippen LogP contribution < -0.4 is 5.32 Å². The Morgan fingerprint density at radius 2 is 2.12 bits per heavy atom. The number of hydrogen-bond acceptors (Lipinski definition) is 3. The van der Waals surface area contributed by atoms with Crippen molar-refractivity contribution in [3.63, 3.8) is 0 Å². The summed E-state index contributed by atoms with van der Waals surface area (Å²) < 4.78 is 5.22. The molecule has 3 nitrogen and oxygen atoms in total. The van der Waals surface area contributed by atoms with Gasteiger partial charge in [-0.2, -0.15) is 0 Å². The molecule has 16 heavy (non-hydrogen) atoms. The third-order valence-electron chi connectivity index (χ3n) is 3.04. The zero-order valence-electron chi connectivity index (χ0n) is 9.26. The molecular weight excluding hydrogens is 202 g/mol. The standard InChI is InChI=1S/C13H17NO2/c15-10-16-13(11-6-2-1-3-7-11)12-8-4-5-9-14-12/h1-3,6-7,10,12-14H,4-5,8-9H2. The summed E-state index contributed by atoms with van der Waals surface area (Å²) in [7, 11) is 0. The van der Waals surface area contributed by atoms with E-state index in [1.54, 1.807) is 0 Å². The normalized spacial score (nSPS) is 22.4. The minimum Gasteiger partial charge on any atom is -0.458 e. The summed E-state index contributed by atoms with van der Waals surface area (Å²) in [4.78, 5) is 10.6. The van der Waals surface area contributed by atoms with Crippen LogP contribution in [0.4, 0.5) is 0 Å². The minimum absolute atomic E-state index is 0.154. The number of carbonyl (C=O) groups is 1. The highest BCUT2D eigenvalue weighted by Gasteiger charge is 2.25. The van der Waals surface area contributed by atoms with Crippen LogP contribution in [0.2, 0.25) is 0 Å². The molecule has 2 unspecified atom stereocenters. The average molecular weight is 219 g/mol. The first kappa shape index (κ1) is 11.1. The number of piperidine rings is 1. The van der Waals surface area contributed by atoms with E-state index in [1.807, 2.05) is 30.3 Å². The van der Waals surface area contributed by atoms with Crippen molar-refractivity contribution in [3.05, 3.63) is 35.9 Å². The Kier molecular flexibility index (Phi) is 3.94. The zero-order valence-corrected chi connectivity index (χ0v) is 9.26. The quantitative estimate of drug-likeness (QED) is 0.787. The molecule has 3 heteroatoms. The third kappa shape index (κ3) is 2.61. The second kappa shape index (κ2) is 5.66. The highest BCUT2D eigenvalue weighted by molar-refractivity contribution is 5.39. The number of carbonyl (C=O) groups excluding carboxylic acids is 1. The maximum atomic E-state index is 10.6. The Labute approximate surface area is 95.8 Å². The molecule has 0 amide bonds. The fourth-order valence-electron chi connectivity index (χ4n) is 2.25. The second-order valence-corrected chi connectivity index (χ2v) is 4.12. The van der Waals surface area contributed by atoms with Gasteiger partial charge in [0.15, 0.2) is 0 Å². The molecule has 1 fully saturated rings. The Morgan fingerprint density at radius 1 is 1.31 bits per heavy atom. The van der Waals surface area contributed by atoms with Crippen molar-refractivity contribution in [2.24, 2.45) is 0 Å². The Bertz CT molecular complexity index is 320. The lowest BCUT2D eigenvalue weighted by Crippen LogP contribution is -2.39. The summed E-state index contributed by atoms with van der Waals surface area (Å²) in [6.07, 6.45) is 3.31. The maximum Gasteiger partial charge on any atom is 0.293 e. The van der Waals surface area contributed by atoms with Crippen LogP contribution >= 0.6 is 0 Å². The van der Waals surface area contributed by atoms with Gasteiger partial charge in [0.25, 0.3) is 6.47 Å². The van der Waals surface area contributed by atoms with Crippen molar-refractivity contribution in [2.45, 2.75) is 31.4 Å². The monoisotopic (exact) mass is 219 g/mol. The maximum absolute atomic E-state index is 10.6. The summed E-state index contributed by atoms with van der Waals surface area (Å²) in [5, 5.41) is 3.42. The number of rotatable bonds is 4. The van der Waals surface area contributed by atoms with Crippen LogP contribution in [0, 0.1) is 0 Å². The minimum atomic E-state index is -0.154. The predicted molar refractivity (Wildman–Crippen MR) is 62.0 cm³/mol. The first-order valence-electron chi connectivity index (χ1n) is 5.79. The van der Waals surface area contributed by atoms with Crippen molar-refractivity contribution < 1.29 is 9.53 Å².